The number of hydrogen-bond acceptors (Lipinski definition) is 3. The monoisotopic (exact) mass is 392 g/mol. The molecule has 0 fully saturated rings. The van der Waals surface area contributed by atoms with Crippen LogP contribution in [-0.2, 0) is 9.53 Å². The van der Waals surface area contributed by atoms with E-state index in [1.807, 2.05) is 60.7 Å². The number of carbonyl (C=O) groups excluding carboxylic acids is 1. The Morgan fingerprint density at radius 2 is 1.57 bits per heavy atom. The molecule has 122 valence electrons. The molecule has 0 N–H and O–H groups in total. The van der Waals surface area contributed by atoms with Crippen LogP contribution in [0.2, 0.25) is 0 Å². The smallest absolute Gasteiger partial charge is 0.321 e. The molecule has 2 aromatic rings. The Labute approximate surface area is 150 Å². The van der Waals surface area contributed by atoms with Gasteiger partial charge in [-0.3, -0.25) is 4.79 Å². The van der Waals surface area contributed by atoms with Crippen LogP contribution in [0, 0.1) is 0 Å². The highest BCUT2D eigenvalue weighted by Crippen LogP contribution is 2.27. The van der Waals surface area contributed by atoms with Crippen LogP contribution >= 0.6 is 27.7 Å². The van der Waals surface area contributed by atoms with Crippen molar-refractivity contribution in [3.8, 4) is 0 Å². The molecule has 23 heavy (non-hydrogen) atoms. The molecular weight excluding hydrogens is 372 g/mol. The minimum atomic E-state index is -0.374. The third-order valence-corrected chi connectivity index (χ3v) is 5.70. The molecule has 2 aromatic carbocycles. The van der Waals surface area contributed by atoms with Crippen LogP contribution in [0.3, 0.4) is 0 Å². The third kappa shape index (κ3) is 5.70. The highest BCUT2D eigenvalue weighted by molar-refractivity contribution is 9.10. The lowest BCUT2D eigenvalue weighted by Gasteiger charge is -2.20. The van der Waals surface area contributed by atoms with Crippen molar-refractivity contribution in [3.63, 3.8) is 0 Å². The molecule has 0 aliphatic carbocycles. The number of esters is 1. The molecule has 0 bridgehead atoms. The van der Waals surface area contributed by atoms with Gasteiger partial charge in [-0.25, -0.2) is 0 Å². The van der Waals surface area contributed by atoms with Gasteiger partial charge in [-0.15, -0.1) is 0 Å². The Kier molecular flexibility index (Phi) is 7.69. The van der Waals surface area contributed by atoms with Crippen LogP contribution in [0.4, 0.5) is 0 Å². The Morgan fingerprint density at radius 1 is 1.04 bits per heavy atom. The van der Waals surface area contributed by atoms with Gasteiger partial charge < -0.3 is 4.74 Å². The van der Waals surface area contributed by atoms with E-state index in [2.05, 4.69) is 22.9 Å². The second kappa shape index (κ2) is 9.78. The quantitative estimate of drug-likeness (QED) is 0.349. The molecular formula is C19H21BrO2S. The standard InChI is InChI=1S/C19H21BrO2S/c1-2-13-23-14-17(20)19(21)22-18(15-9-5-3-6-10-15)16-11-7-4-8-12-16/h3-12,17-18H,2,13-14H2,1H3. The lowest BCUT2D eigenvalue weighted by molar-refractivity contribution is -0.146. The number of thioether (sulfide) groups is 1. The molecule has 0 heterocycles. The molecule has 0 aliphatic rings. The summed E-state index contributed by atoms with van der Waals surface area (Å²) in [5, 5.41) is 0. The maximum absolute atomic E-state index is 12.4. The van der Waals surface area contributed by atoms with Crippen molar-refractivity contribution in [3.05, 3.63) is 71.8 Å². The number of alkyl halides is 1. The topological polar surface area (TPSA) is 26.3 Å². The van der Waals surface area contributed by atoms with Crippen LogP contribution in [0.25, 0.3) is 0 Å². The number of benzene rings is 2. The first kappa shape index (κ1) is 18.1. The van der Waals surface area contributed by atoms with Crippen LogP contribution in [-0.4, -0.2) is 22.3 Å². The van der Waals surface area contributed by atoms with E-state index in [9.17, 15) is 4.79 Å². The summed E-state index contributed by atoms with van der Waals surface area (Å²) < 4.78 is 5.82. The normalized spacial score (nSPS) is 12.1. The molecule has 1 atom stereocenters. The van der Waals surface area contributed by atoms with Gasteiger partial charge in [0.15, 0.2) is 6.10 Å². The highest BCUT2D eigenvalue weighted by Gasteiger charge is 2.23. The zero-order chi connectivity index (χ0) is 16.5. The van der Waals surface area contributed by atoms with E-state index < -0.39 is 0 Å². The number of ether oxygens (including phenoxy) is 1. The highest BCUT2D eigenvalue weighted by atomic mass is 79.9. The Bertz CT molecular complexity index is 549. The van der Waals surface area contributed by atoms with E-state index in [0.717, 1.165) is 29.1 Å². The van der Waals surface area contributed by atoms with Crippen LogP contribution < -0.4 is 0 Å². The zero-order valence-corrected chi connectivity index (χ0v) is 15.6. The lowest BCUT2D eigenvalue weighted by atomic mass is 10.0. The van der Waals surface area contributed by atoms with Crippen molar-refractivity contribution in [2.75, 3.05) is 11.5 Å². The molecule has 2 nitrogen and oxygen atoms in total. The fraction of sp³-hybridized carbons (Fsp3) is 0.316. The van der Waals surface area contributed by atoms with Gasteiger partial charge in [0.1, 0.15) is 4.83 Å². The van der Waals surface area contributed by atoms with Gasteiger partial charge in [-0.2, -0.15) is 11.8 Å². The summed E-state index contributed by atoms with van der Waals surface area (Å²) in [5.74, 6) is 1.56. The van der Waals surface area contributed by atoms with Crippen LogP contribution in [0.1, 0.15) is 30.6 Å². The molecule has 0 aromatic heterocycles. The Morgan fingerprint density at radius 3 is 2.04 bits per heavy atom. The van der Waals surface area contributed by atoms with Gasteiger partial charge in [0.05, 0.1) is 0 Å². The average Bonchev–Trinajstić information content (AvgIpc) is 2.61. The van der Waals surface area contributed by atoms with Crippen molar-refractivity contribution < 1.29 is 9.53 Å². The van der Waals surface area contributed by atoms with Gasteiger partial charge in [0.25, 0.3) is 0 Å². The van der Waals surface area contributed by atoms with Gasteiger partial charge in [0.2, 0.25) is 0 Å². The van der Waals surface area contributed by atoms with E-state index in [1.165, 1.54) is 0 Å². The molecule has 0 spiro atoms. The number of halogens is 1. The number of rotatable bonds is 8. The first-order valence-corrected chi connectivity index (χ1v) is 9.81. The zero-order valence-electron chi connectivity index (χ0n) is 13.2. The van der Waals surface area contributed by atoms with Crippen molar-refractivity contribution in [2.45, 2.75) is 24.3 Å². The summed E-state index contributed by atoms with van der Waals surface area (Å²) in [4.78, 5) is 12.1. The summed E-state index contributed by atoms with van der Waals surface area (Å²) in [6.07, 6.45) is 0.733. The number of carbonyl (C=O) groups is 1. The largest absolute Gasteiger partial charge is 0.452 e. The van der Waals surface area contributed by atoms with Crippen LogP contribution in [0.5, 0.6) is 0 Å². The van der Waals surface area contributed by atoms with Gasteiger partial charge in [0, 0.05) is 5.75 Å². The minimum Gasteiger partial charge on any atom is -0.452 e. The van der Waals surface area contributed by atoms with Crippen LogP contribution in [0.15, 0.2) is 60.7 Å². The average molecular weight is 393 g/mol. The van der Waals surface area contributed by atoms with E-state index in [1.54, 1.807) is 11.8 Å². The fourth-order valence-electron chi connectivity index (χ4n) is 2.17. The second-order valence-electron chi connectivity index (χ2n) is 5.18. The molecule has 2 rings (SSSR count). The van der Waals surface area contributed by atoms with Gasteiger partial charge >= 0.3 is 5.97 Å². The summed E-state index contributed by atoms with van der Waals surface area (Å²) in [7, 11) is 0. The van der Waals surface area contributed by atoms with Crippen molar-refractivity contribution >= 4 is 33.7 Å². The molecule has 0 aliphatic heterocycles. The lowest BCUT2D eigenvalue weighted by Crippen LogP contribution is -2.23. The maximum atomic E-state index is 12.4. The molecule has 0 radical (unpaired) electrons. The molecule has 0 amide bonds. The van der Waals surface area contributed by atoms with E-state index in [0.29, 0.717) is 0 Å². The van der Waals surface area contributed by atoms with E-state index in [4.69, 9.17) is 4.74 Å². The summed E-state index contributed by atoms with van der Waals surface area (Å²) in [6, 6.07) is 19.7. The summed E-state index contributed by atoms with van der Waals surface area (Å²) >= 11 is 5.21. The Balaban J connectivity index is 2.11. The maximum Gasteiger partial charge on any atom is 0.321 e. The van der Waals surface area contributed by atoms with Crippen molar-refractivity contribution in [1.82, 2.24) is 0 Å². The molecule has 4 heteroatoms. The minimum absolute atomic E-state index is 0.216. The molecule has 1 unspecified atom stereocenters. The van der Waals surface area contributed by atoms with Crippen molar-refractivity contribution in [2.24, 2.45) is 0 Å². The van der Waals surface area contributed by atoms with Crippen molar-refractivity contribution in [1.29, 1.82) is 0 Å². The fourth-order valence-corrected chi connectivity index (χ4v) is 3.64. The predicted molar refractivity (Wildman–Crippen MR) is 101 cm³/mol. The summed E-state index contributed by atoms with van der Waals surface area (Å²) in [6.45, 7) is 2.13. The SMILES string of the molecule is CCCSCC(Br)C(=O)OC(c1ccccc1)c1ccccc1. The first-order valence-electron chi connectivity index (χ1n) is 7.74. The molecule has 0 saturated carbocycles. The third-order valence-electron chi connectivity index (χ3n) is 3.31. The number of hydrogen-bond donors (Lipinski definition) is 0. The summed E-state index contributed by atoms with van der Waals surface area (Å²) in [5.41, 5.74) is 1.96. The molecule has 0 saturated heterocycles. The van der Waals surface area contributed by atoms with E-state index >= 15 is 0 Å². The second-order valence-corrected chi connectivity index (χ2v) is 7.44. The van der Waals surface area contributed by atoms with E-state index in [-0.39, 0.29) is 16.9 Å². The van der Waals surface area contributed by atoms with Gasteiger partial charge in [-0.1, -0.05) is 83.5 Å². The Hall–Kier alpha value is -1.26. The first-order chi connectivity index (χ1) is 11.2. The predicted octanol–water partition coefficient (Wildman–Crippen LogP) is 5.23. The van der Waals surface area contributed by atoms with Gasteiger partial charge in [-0.05, 0) is 23.3 Å².